The second-order valence-corrected chi connectivity index (χ2v) is 8.14. The molecule has 0 aliphatic carbocycles. The Morgan fingerprint density at radius 3 is 2.39 bits per heavy atom. The lowest BCUT2D eigenvalue weighted by Crippen LogP contribution is -2.30. The zero-order valence-electron chi connectivity index (χ0n) is 17.4. The molecule has 0 radical (unpaired) electrons. The standard InChI is InChI=1S/C25H23N5S/c1-17-11-12-19(16-18(17)2)30-24(23(28-25(30)31)20-8-3-5-13-26-20)21-9-7-15-29(21)22-10-4-6-14-27-22/h3-16,23-24H,1-2H3,(H,28,31)/t23-,24-/m1/s1. The summed E-state index contributed by atoms with van der Waals surface area (Å²) < 4.78 is 2.13. The topological polar surface area (TPSA) is 46.0 Å². The van der Waals surface area contributed by atoms with Gasteiger partial charge in [-0.2, -0.15) is 0 Å². The van der Waals surface area contributed by atoms with Crippen LogP contribution in [-0.2, 0) is 0 Å². The molecule has 1 N–H and O–H groups in total. The first-order valence-electron chi connectivity index (χ1n) is 10.3. The van der Waals surface area contributed by atoms with Crippen molar-refractivity contribution in [1.29, 1.82) is 0 Å². The van der Waals surface area contributed by atoms with E-state index in [2.05, 4.69) is 68.9 Å². The number of pyridine rings is 2. The van der Waals surface area contributed by atoms with Crippen LogP contribution in [0.2, 0.25) is 0 Å². The minimum Gasteiger partial charge on any atom is -0.351 e. The normalized spacial score (nSPS) is 18.3. The predicted molar refractivity (Wildman–Crippen MR) is 127 cm³/mol. The van der Waals surface area contributed by atoms with Crippen molar-refractivity contribution in [2.45, 2.75) is 25.9 Å². The lowest BCUT2D eigenvalue weighted by molar-refractivity contribution is 0.548. The molecule has 5 nitrogen and oxygen atoms in total. The molecule has 6 heteroatoms. The van der Waals surface area contributed by atoms with Gasteiger partial charge in [0, 0.05) is 30.0 Å². The smallest absolute Gasteiger partial charge is 0.174 e. The fraction of sp³-hybridized carbons (Fsp3) is 0.160. The Hall–Kier alpha value is -3.51. The molecule has 4 heterocycles. The molecule has 31 heavy (non-hydrogen) atoms. The highest BCUT2D eigenvalue weighted by Crippen LogP contribution is 2.42. The second kappa shape index (κ2) is 7.96. The number of aryl methyl sites for hydroxylation is 2. The summed E-state index contributed by atoms with van der Waals surface area (Å²) in [7, 11) is 0. The summed E-state index contributed by atoms with van der Waals surface area (Å²) in [6, 6.07) is 22.4. The van der Waals surface area contributed by atoms with E-state index in [9.17, 15) is 0 Å². The fourth-order valence-corrected chi connectivity index (χ4v) is 4.49. The van der Waals surface area contributed by atoms with E-state index in [4.69, 9.17) is 12.2 Å². The maximum absolute atomic E-state index is 5.85. The summed E-state index contributed by atoms with van der Waals surface area (Å²) in [6.45, 7) is 4.26. The molecule has 4 aromatic rings. The zero-order chi connectivity index (χ0) is 21.4. The summed E-state index contributed by atoms with van der Waals surface area (Å²) >= 11 is 5.85. The van der Waals surface area contributed by atoms with Crippen LogP contribution in [0.4, 0.5) is 5.69 Å². The third-order valence-electron chi connectivity index (χ3n) is 5.85. The third kappa shape index (κ3) is 3.49. The van der Waals surface area contributed by atoms with Crippen molar-refractivity contribution in [2.75, 3.05) is 4.90 Å². The molecule has 1 aliphatic heterocycles. The van der Waals surface area contributed by atoms with Gasteiger partial charge in [-0.1, -0.05) is 18.2 Å². The van der Waals surface area contributed by atoms with E-state index in [1.807, 2.05) is 55.0 Å². The van der Waals surface area contributed by atoms with E-state index in [0.717, 1.165) is 22.9 Å². The molecule has 1 aromatic carbocycles. The fourth-order valence-electron chi connectivity index (χ4n) is 4.15. The third-order valence-corrected chi connectivity index (χ3v) is 6.16. The summed E-state index contributed by atoms with van der Waals surface area (Å²) in [5.41, 5.74) is 5.62. The number of hydrogen-bond acceptors (Lipinski definition) is 3. The van der Waals surface area contributed by atoms with Crippen LogP contribution in [0.3, 0.4) is 0 Å². The summed E-state index contributed by atoms with van der Waals surface area (Å²) in [5.74, 6) is 0.875. The van der Waals surface area contributed by atoms with E-state index < -0.39 is 0 Å². The lowest BCUT2D eigenvalue weighted by atomic mass is 10.00. The number of aromatic nitrogens is 3. The van der Waals surface area contributed by atoms with Gasteiger partial charge in [-0.05, 0) is 85.7 Å². The number of hydrogen-bond donors (Lipinski definition) is 1. The van der Waals surface area contributed by atoms with Crippen LogP contribution in [0.25, 0.3) is 5.82 Å². The van der Waals surface area contributed by atoms with E-state index >= 15 is 0 Å². The molecule has 0 spiro atoms. The second-order valence-electron chi connectivity index (χ2n) is 7.76. The summed E-state index contributed by atoms with van der Waals surface area (Å²) in [4.78, 5) is 11.4. The number of nitrogens with one attached hydrogen (secondary N) is 1. The van der Waals surface area contributed by atoms with Crippen LogP contribution < -0.4 is 10.2 Å². The number of benzene rings is 1. The van der Waals surface area contributed by atoms with Crippen molar-refractivity contribution in [3.05, 3.63) is 108 Å². The van der Waals surface area contributed by atoms with Crippen LogP contribution in [0.5, 0.6) is 0 Å². The maximum atomic E-state index is 5.85. The molecule has 0 amide bonds. The zero-order valence-corrected chi connectivity index (χ0v) is 18.3. The molecular weight excluding hydrogens is 402 g/mol. The van der Waals surface area contributed by atoms with Gasteiger partial charge < -0.3 is 14.8 Å². The highest BCUT2D eigenvalue weighted by molar-refractivity contribution is 7.80. The van der Waals surface area contributed by atoms with Gasteiger partial charge >= 0.3 is 0 Å². The highest BCUT2D eigenvalue weighted by Gasteiger charge is 2.42. The van der Waals surface area contributed by atoms with Gasteiger partial charge in [0.2, 0.25) is 0 Å². The summed E-state index contributed by atoms with van der Waals surface area (Å²) in [5, 5.41) is 4.22. The average molecular weight is 426 g/mol. The van der Waals surface area contributed by atoms with Gasteiger partial charge in [0.05, 0.1) is 11.7 Å². The SMILES string of the molecule is Cc1ccc(N2C(=S)N[C@H](c3ccccn3)[C@H]2c2cccn2-c2ccccn2)cc1C. The first kappa shape index (κ1) is 19.5. The van der Waals surface area contributed by atoms with Gasteiger partial charge in [0.1, 0.15) is 11.9 Å². The van der Waals surface area contributed by atoms with Crippen molar-refractivity contribution in [3.63, 3.8) is 0 Å². The molecule has 154 valence electrons. The Kier molecular flexibility index (Phi) is 5.00. The van der Waals surface area contributed by atoms with Gasteiger partial charge in [0.25, 0.3) is 0 Å². The van der Waals surface area contributed by atoms with Crippen molar-refractivity contribution < 1.29 is 0 Å². The van der Waals surface area contributed by atoms with Gasteiger partial charge in [0.15, 0.2) is 5.11 Å². The van der Waals surface area contributed by atoms with Gasteiger partial charge in [-0.15, -0.1) is 0 Å². The number of nitrogens with zero attached hydrogens (tertiary/aromatic N) is 4. The van der Waals surface area contributed by atoms with Crippen LogP contribution in [0.1, 0.15) is 34.6 Å². The summed E-state index contributed by atoms with van der Waals surface area (Å²) in [6.07, 6.45) is 5.69. The quantitative estimate of drug-likeness (QED) is 0.463. The van der Waals surface area contributed by atoms with E-state index in [1.54, 1.807) is 0 Å². The van der Waals surface area contributed by atoms with Crippen LogP contribution in [0.15, 0.2) is 85.3 Å². The average Bonchev–Trinajstić information content (AvgIpc) is 3.41. The molecule has 1 fully saturated rings. The Bertz CT molecular complexity index is 1220. The Balaban J connectivity index is 1.68. The van der Waals surface area contributed by atoms with Crippen molar-refractivity contribution in [1.82, 2.24) is 19.9 Å². The maximum Gasteiger partial charge on any atom is 0.174 e. The predicted octanol–water partition coefficient (Wildman–Crippen LogP) is 5.06. The molecule has 0 unspecified atom stereocenters. The molecule has 1 aliphatic rings. The lowest BCUT2D eigenvalue weighted by Gasteiger charge is -2.29. The molecular formula is C25H23N5S. The molecule has 0 bridgehead atoms. The van der Waals surface area contributed by atoms with Crippen LogP contribution >= 0.6 is 12.2 Å². The van der Waals surface area contributed by atoms with Gasteiger partial charge in [-0.3, -0.25) is 4.98 Å². The van der Waals surface area contributed by atoms with E-state index in [0.29, 0.717) is 5.11 Å². The Morgan fingerprint density at radius 2 is 1.68 bits per heavy atom. The van der Waals surface area contributed by atoms with Crippen molar-refractivity contribution in [3.8, 4) is 5.82 Å². The van der Waals surface area contributed by atoms with E-state index in [-0.39, 0.29) is 12.1 Å². The molecule has 2 atom stereocenters. The van der Waals surface area contributed by atoms with Crippen molar-refractivity contribution in [2.24, 2.45) is 0 Å². The number of thiocarbonyl (C=S) groups is 1. The monoisotopic (exact) mass is 425 g/mol. The molecule has 1 saturated heterocycles. The first-order chi connectivity index (χ1) is 15.1. The number of rotatable bonds is 4. The van der Waals surface area contributed by atoms with Crippen molar-refractivity contribution >= 4 is 23.0 Å². The minimum atomic E-state index is -0.0901. The highest BCUT2D eigenvalue weighted by atomic mass is 32.1. The first-order valence-corrected chi connectivity index (χ1v) is 10.7. The molecule has 3 aromatic heterocycles. The minimum absolute atomic E-state index is 0.0819. The molecule has 0 saturated carbocycles. The number of anilines is 1. The van der Waals surface area contributed by atoms with E-state index in [1.165, 1.54) is 11.1 Å². The van der Waals surface area contributed by atoms with Gasteiger partial charge in [-0.25, -0.2) is 4.98 Å². The molecule has 5 rings (SSSR count). The Labute approximate surface area is 187 Å². The van der Waals surface area contributed by atoms with Crippen LogP contribution in [0, 0.1) is 13.8 Å². The van der Waals surface area contributed by atoms with Crippen LogP contribution in [-0.4, -0.2) is 19.6 Å². The largest absolute Gasteiger partial charge is 0.351 e. The Morgan fingerprint density at radius 1 is 0.871 bits per heavy atom.